The predicted octanol–water partition coefficient (Wildman–Crippen LogP) is 6.92. The third kappa shape index (κ3) is 5.59. The van der Waals surface area contributed by atoms with Crippen LogP contribution in [0.1, 0.15) is 40.8 Å². The summed E-state index contributed by atoms with van der Waals surface area (Å²) in [6.45, 7) is 6.45. The van der Waals surface area contributed by atoms with Crippen LogP contribution in [0.4, 0.5) is 5.69 Å². The minimum atomic E-state index is -0.897. The number of aryl methyl sites for hydroxylation is 2. The molecule has 1 heterocycles. The molecule has 4 aromatic rings. The number of ether oxygens (including phenoxy) is 3. The van der Waals surface area contributed by atoms with Gasteiger partial charge in [0.25, 0.3) is 11.7 Å². The van der Waals surface area contributed by atoms with Crippen molar-refractivity contribution in [2.24, 2.45) is 0 Å². The second kappa shape index (κ2) is 12.2. The molecule has 7 heteroatoms. The van der Waals surface area contributed by atoms with E-state index in [1.54, 1.807) is 49.6 Å². The van der Waals surface area contributed by atoms with Gasteiger partial charge in [-0.1, -0.05) is 48.5 Å². The van der Waals surface area contributed by atoms with Crippen molar-refractivity contribution in [3.8, 4) is 17.2 Å². The zero-order valence-electron chi connectivity index (χ0n) is 24.1. The van der Waals surface area contributed by atoms with Gasteiger partial charge >= 0.3 is 0 Å². The van der Waals surface area contributed by atoms with Crippen LogP contribution in [-0.2, 0) is 16.2 Å². The molecular formula is C35H33NO6. The Balaban J connectivity index is 1.60. The molecule has 1 fully saturated rings. The molecule has 7 nitrogen and oxygen atoms in total. The lowest BCUT2D eigenvalue weighted by Gasteiger charge is -2.26. The van der Waals surface area contributed by atoms with E-state index in [9.17, 15) is 14.7 Å². The number of carbonyl (C=O) groups excluding carboxylic acids is 2. The number of rotatable bonds is 9. The van der Waals surface area contributed by atoms with Crippen molar-refractivity contribution >= 4 is 23.1 Å². The molecule has 214 valence electrons. The number of amides is 1. The summed E-state index contributed by atoms with van der Waals surface area (Å²) in [6.07, 6.45) is 0. The highest BCUT2D eigenvalue weighted by Gasteiger charge is 2.47. The number of aliphatic hydroxyl groups excluding tert-OH is 1. The van der Waals surface area contributed by atoms with E-state index in [1.165, 1.54) is 4.90 Å². The highest BCUT2D eigenvalue weighted by atomic mass is 16.5. The van der Waals surface area contributed by atoms with Gasteiger partial charge < -0.3 is 19.3 Å². The molecule has 1 unspecified atom stereocenters. The topological polar surface area (TPSA) is 85.3 Å². The predicted molar refractivity (Wildman–Crippen MR) is 162 cm³/mol. The van der Waals surface area contributed by atoms with Crippen LogP contribution in [0.15, 0.2) is 96.6 Å². The highest BCUT2D eigenvalue weighted by molar-refractivity contribution is 6.51. The van der Waals surface area contributed by atoms with Crippen LogP contribution in [0, 0.1) is 13.8 Å². The maximum Gasteiger partial charge on any atom is 0.300 e. The lowest BCUT2D eigenvalue weighted by molar-refractivity contribution is -0.132. The number of Topliss-reactive ketones (excluding diaryl/α,β-unsaturated/α-hetero) is 1. The smallest absolute Gasteiger partial charge is 0.300 e. The molecule has 1 amide bonds. The molecule has 0 bridgehead atoms. The molecule has 1 aliphatic heterocycles. The molecule has 42 heavy (non-hydrogen) atoms. The van der Waals surface area contributed by atoms with Gasteiger partial charge in [0.15, 0.2) is 11.5 Å². The summed E-state index contributed by atoms with van der Waals surface area (Å²) in [5.74, 6) is -0.100. The minimum Gasteiger partial charge on any atom is -0.507 e. The molecule has 0 aromatic heterocycles. The van der Waals surface area contributed by atoms with Crippen LogP contribution in [-0.4, -0.2) is 30.5 Å². The van der Waals surface area contributed by atoms with Crippen molar-refractivity contribution in [2.75, 3.05) is 18.6 Å². The molecule has 1 saturated heterocycles. The molecule has 1 N–H and O–H groups in total. The van der Waals surface area contributed by atoms with Crippen molar-refractivity contribution in [3.63, 3.8) is 0 Å². The molecule has 4 aromatic carbocycles. The standard InChI is InChI=1S/C35H33NO6/c1-5-41-30-20-25(14-17-29(30)40-4)32-31(34(38)35(39)36(32)27-13-9-10-22(2)18-27)33(37)26-15-16-28(23(3)19-26)42-21-24-11-7-6-8-12-24/h6-20,32,37H,5,21H2,1-4H3/b33-31-. The quantitative estimate of drug-likeness (QED) is 0.135. The Morgan fingerprint density at radius 2 is 1.60 bits per heavy atom. The van der Waals surface area contributed by atoms with Crippen molar-refractivity contribution in [3.05, 3.63) is 124 Å². The van der Waals surface area contributed by atoms with Crippen LogP contribution in [0.5, 0.6) is 17.2 Å². The SMILES string of the molecule is CCOc1cc(C2/C(=C(/O)c3ccc(OCc4ccccc4)c(C)c3)C(=O)C(=O)N2c2cccc(C)c2)ccc1OC. The molecule has 1 aliphatic rings. The lowest BCUT2D eigenvalue weighted by Crippen LogP contribution is -2.29. The van der Waals surface area contributed by atoms with Crippen LogP contribution >= 0.6 is 0 Å². The first-order valence-corrected chi connectivity index (χ1v) is 13.8. The summed E-state index contributed by atoms with van der Waals surface area (Å²) >= 11 is 0. The van der Waals surface area contributed by atoms with Gasteiger partial charge in [-0.05, 0) is 85.5 Å². The Morgan fingerprint density at radius 1 is 0.833 bits per heavy atom. The van der Waals surface area contributed by atoms with Crippen molar-refractivity contribution in [1.29, 1.82) is 0 Å². The van der Waals surface area contributed by atoms with Gasteiger partial charge in [-0.2, -0.15) is 0 Å². The minimum absolute atomic E-state index is 0.00789. The molecule has 0 saturated carbocycles. The van der Waals surface area contributed by atoms with Crippen molar-refractivity contribution in [1.82, 2.24) is 0 Å². The Hall–Kier alpha value is -5.04. The van der Waals surface area contributed by atoms with Crippen LogP contribution in [0.3, 0.4) is 0 Å². The second-order valence-electron chi connectivity index (χ2n) is 10.1. The van der Waals surface area contributed by atoms with Crippen LogP contribution in [0.2, 0.25) is 0 Å². The summed E-state index contributed by atoms with van der Waals surface area (Å²) < 4.78 is 17.3. The third-order valence-corrected chi connectivity index (χ3v) is 7.21. The third-order valence-electron chi connectivity index (χ3n) is 7.21. The van der Waals surface area contributed by atoms with E-state index in [2.05, 4.69) is 0 Å². The summed E-state index contributed by atoms with van der Waals surface area (Å²) in [5.41, 5.74) is 4.29. The highest BCUT2D eigenvalue weighted by Crippen LogP contribution is 2.44. The number of ketones is 1. The zero-order valence-corrected chi connectivity index (χ0v) is 24.1. The number of aliphatic hydroxyl groups is 1. The Kier molecular flexibility index (Phi) is 8.29. The number of anilines is 1. The van der Waals surface area contributed by atoms with E-state index < -0.39 is 17.7 Å². The zero-order chi connectivity index (χ0) is 29.8. The van der Waals surface area contributed by atoms with E-state index in [1.807, 2.05) is 69.3 Å². The molecule has 0 spiro atoms. The first kappa shape index (κ1) is 28.5. The van der Waals surface area contributed by atoms with E-state index in [4.69, 9.17) is 14.2 Å². The molecule has 0 radical (unpaired) electrons. The second-order valence-corrected chi connectivity index (χ2v) is 10.1. The first-order valence-electron chi connectivity index (χ1n) is 13.8. The first-order chi connectivity index (χ1) is 20.3. The summed E-state index contributed by atoms with van der Waals surface area (Å²) in [7, 11) is 1.55. The molecule has 0 aliphatic carbocycles. The number of hydrogen-bond acceptors (Lipinski definition) is 6. The van der Waals surface area contributed by atoms with Gasteiger partial charge in [0.2, 0.25) is 0 Å². The van der Waals surface area contributed by atoms with Gasteiger partial charge in [-0.3, -0.25) is 14.5 Å². The van der Waals surface area contributed by atoms with E-state index in [0.29, 0.717) is 47.3 Å². The molecule has 5 rings (SSSR count). The maximum atomic E-state index is 13.6. The Labute approximate surface area is 245 Å². The fourth-order valence-corrected chi connectivity index (χ4v) is 5.17. The van der Waals surface area contributed by atoms with Crippen molar-refractivity contribution in [2.45, 2.75) is 33.4 Å². The monoisotopic (exact) mass is 563 g/mol. The average Bonchev–Trinajstić information content (AvgIpc) is 3.26. The summed E-state index contributed by atoms with van der Waals surface area (Å²) in [6, 6.07) is 26.8. The van der Waals surface area contributed by atoms with Gasteiger partial charge in [0.1, 0.15) is 18.1 Å². The molecular weight excluding hydrogens is 530 g/mol. The number of benzene rings is 4. The lowest BCUT2D eigenvalue weighted by atomic mass is 9.94. The normalized spacial score (nSPS) is 16.0. The number of methoxy groups -OCH3 is 1. The van der Waals surface area contributed by atoms with Crippen LogP contribution in [0.25, 0.3) is 5.76 Å². The van der Waals surface area contributed by atoms with Gasteiger partial charge in [0.05, 0.1) is 25.3 Å². The maximum absolute atomic E-state index is 13.6. The summed E-state index contributed by atoms with van der Waals surface area (Å²) in [4.78, 5) is 28.6. The van der Waals surface area contributed by atoms with Gasteiger partial charge in [0, 0.05) is 11.3 Å². The van der Waals surface area contributed by atoms with E-state index in [-0.39, 0.29) is 11.3 Å². The fraction of sp³-hybridized carbons (Fsp3) is 0.200. The average molecular weight is 564 g/mol. The largest absolute Gasteiger partial charge is 0.507 e. The fourth-order valence-electron chi connectivity index (χ4n) is 5.17. The number of carbonyl (C=O) groups is 2. The molecule has 1 atom stereocenters. The number of nitrogens with zero attached hydrogens (tertiary/aromatic N) is 1. The van der Waals surface area contributed by atoms with Gasteiger partial charge in [-0.15, -0.1) is 0 Å². The number of hydrogen-bond donors (Lipinski definition) is 1. The summed E-state index contributed by atoms with van der Waals surface area (Å²) in [5, 5.41) is 11.6. The Morgan fingerprint density at radius 3 is 2.29 bits per heavy atom. The van der Waals surface area contributed by atoms with Crippen molar-refractivity contribution < 1.29 is 28.9 Å². The van der Waals surface area contributed by atoms with Crippen LogP contribution < -0.4 is 19.1 Å². The van der Waals surface area contributed by atoms with Gasteiger partial charge in [-0.25, -0.2) is 0 Å². The Bertz CT molecular complexity index is 1660. The van der Waals surface area contributed by atoms with E-state index >= 15 is 0 Å². The van der Waals surface area contributed by atoms with E-state index in [0.717, 1.165) is 16.7 Å².